The van der Waals surface area contributed by atoms with E-state index < -0.39 is 10.0 Å². The fourth-order valence-electron chi connectivity index (χ4n) is 2.26. The van der Waals surface area contributed by atoms with Gasteiger partial charge < -0.3 is 5.32 Å². The van der Waals surface area contributed by atoms with Gasteiger partial charge in [-0.15, -0.1) is 0 Å². The van der Waals surface area contributed by atoms with E-state index in [1.165, 1.54) is 12.3 Å². The minimum Gasteiger partial charge on any atom is -0.311 e. The molecule has 1 aromatic rings. The normalized spacial score (nSPS) is 26.3. The lowest BCUT2D eigenvalue weighted by atomic mass is 10.1. The molecule has 2 N–H and O–H groups in total. The zero-order valence-electron chi connectivity index (χ0n) is 10.8. The van der Waals surface area contributed by atoms with Crippen molar-refractivity contribution in [2.75, 3.05) is 13.1 Å². The maximum atomic E-state index is 12.5. The Morgan fingerprint density at radius 2 is 2.22 bits per heavy atom. The van der Waals surface area contributed by atoms with Gasteiger partial charge in [-0.3, -0.25) is 5.10 Å². The second-order valence-corrected chi connectivity index (χ2v) is 6.43. The third kappa shape index (κ3) is 2.43. The fraction of sp³-hybridized carbons (Fsp3) is 0.727. The van der Waals surface area contributed by atoms with Crippen LogP contribution in [0.1, 0.15) is 26.7 Å². The van der Waals surface area contributed by atoms with Crippen LogP contribution in [-0.2, 0) is 10.0 Å². The number of nitrogens with one attached hydrogen (secondary N) is 2. The highest BCUT2D eigenvalue weighted by molar-refractivity contribution is 7.89. The van der Waals surface area contributed by atoms with Gasteiger partial charge in [-0.25, -0.2) is 8.42 Å². The summed E-state index contributed by atoms with van der Waals surface area (Å²) in [6, 6.07) is 1.75. The first-order chi connectivity index (χ1) is 8.59. The van der Waals surface area contributed by atoms with Gasteiger partial charge in [-0.2, -0.15) is 9.40 Å². The molecule has 1 saturated heterocycles. The van der Waals surface area contributed by atoms with E-state index in [1.54, 1.807) is 4.31 Å². The first-order valence-corrected chi connectivity index (χ1v) is 7.78. The van der Waals surface area contributed by atoms with Crippen molar-refractivity contribution < 1.29 is 8.42 Å². The first kappa shape index (κ1) is 13.5. The van der Waals surface area contributed by atoms with E-state index in [1.807, 2.05) is 6.92 Å². The SMILES string of the molecule is CCC1CN(S(=O)(=O)c2ccn[nH]2)C(CC)CN1. The van der Waals surface area contributed by atoms with E-state index in [0.29, 0.717) is 13.1 Å². The molecule has 0 saturated carbocycles. The van der Waals surface area contributed by atoms with Crippen molar-refractivity contribution in [3.05, 3.63) is 12.3 Å². The molecule has 18 heavy (non-hydrogen) atoms. The van der Waals surface area contributed by atoms with Crippen LogP contribution in [0.15, 0.2) is 17.3 Å². The summed E-state index contributed by atoms with van der Waals surface area (Å²) in [6.07, 6.45) is 3.19. The van der Waals surface area contributed by atoms with Crippen LogP contribution in [0.2, 0.25) is 0 Å². The van der Waals surface area contributed by atoms with Crippen LogP contribution in [0.3, 0.4) is 0 Å². The van der Waals surface area contributed by atoms with E-state index in [2.05, 4.69) is 22.4 Å². The summed E-state index contributed by atoms with van der Waals surface area (Å²) in [5.74, 6) is 0. The maximum absolute atomic E-state index is 12.5. The van der Waals surface area contributed by atoms with E-state index >= 15 is 0 Å². The van der Waals surface area contributed by atoms with Crippen molar-refractivity contribution in [2.45, 2.75) is 43.8 Å². The predicted octanol–water partition coefficient (Wildman–Crippen LogP) is 0.561. The fourth-order valence-corrected chi connectivity index (χ4v) is 3.91. The molecular formula is C11H20N4O2S. The number of H-pyrrole nitrogens is 1. The minimum absolute atomic E-state index is 0.0149. The highest BCUT2D eigenvalue weighted by atomic mass is 32.2. The lowest BCUT2D eigenvalue weighted by molar-refractivity contribution is 0.215. The molecule has 6 nitrogen and oxygen atoms in total. The van der Waals surface area contributed by atoms with E-state index in [4.69, 9.17) is 0 Å². The van der Waals surface area contributed by atoms with Gasteiger partial charge in [0.1, 0.15) is 0 Å². The average molecular weight is 272 g/mol. The van der Waals surface area contributed by atoms with Crippen LogP contribution in [0.4, 0.5) is 0 Å². The molecule has 1 aliphatic rings. The van der Waals surface area contributed by atoms with Gasteiger partial charge in [-0.1, -0.05) is 13.8 Å². The minimum atomic E-state index is -3.45. The van der Waals surface area contributed by atoms with E-state index in [9.17, 15) is 8.42 Å². The molecule has 2 atom stereocenters. The smallest absolute Gasteiger partial charge is 0.260 e. The third-order valence-corrected chi connectivity index (χ3v) is 5.32. The summed E-state index contributed by atoms with van der Waals surface area (Å²) in [6.45, 7) is 5.30. The molecule has 0 bridgehead atoms. The van der Waals surface area contributed by atoms with Crippen LogP contribution in [0.25, 0.3) is 0 Å². The Balaban J connectivity index is 2.28. The quantitative estimate of drug-likeness (QED) is 0.839. The summed E-state index contributed by atoms with van der Waals surface area (Å²) in [4.78, 5) is 0. The van der Waals surface area contributed by atoms with E-state index in [-0.39, 0.29) is 17.1 Å². The Morgan fingerprint density at radius 3 is 2.78 bits per heavy atom. The van der Waals surface area contributed by atoms with Gasteiger partial charge >= 0.3 is 0 Å². The van der Waals surface area contributed by atoms with Crippen molar-refractivity contribution in [2.24, 2.45) is 0 Å². The second-order valence-electron chi connectivity index (χ2n) is 4.57. The molecule has 1 aromatic heterocycles. The molecule has 1 aliphatic heterocycles. The number of piperazine rings is 1. The van der Waals surface area contributed by atoms with Crippen LogP contribution in [-0.4, -0.2) is 48.1 Å². The molecule has 0 aromatic carbocycles. The Morgan fingerprint density at radius 1 is 1.44 bits per heavy atom. The Bertz CT molecular complexity index is 471. The molecular weight excluding hydrogens is 252 g/mol. The van der Waals surface area contributed by atoms with E-state index in [0.717, 1.165) is 12.8 Å². The van der Waals surface area contributed by atoms with Crippen LogP contribution >= 0.6 is 0 Å². The number of sulfonamides is 1. The summed E-state index contributed by atoms with van der Waals surface area (Å²) >= 11 is 0. The molecule has 2 unspecified atom stereocenters. The van der Waals surface area contributed by atoms with Crippen molar-refractivity contribution in [1.82, 2.24) is 19.8 Å². The number of aromatic nitrogens is 2. The summed E-state index contributed by atoms with van der Waals surface area (Å²) in [5.41, 5.74) is 0. The largest absolute Gasteiger partial charge is 0.311 e. The van der Waals surface area contributed by atoms with Gasteiger partial charge in [0.2, 0.25) is 0 Å². The zero-order chi connectivity index (χ0) is 13.2. The van der Waals surface area contributed by atoms with Crippen molar-refractivity contribution in [1.29, 1.82) is 0 Å². The average Bonchev–Trinajstić information content (AvgIpc) is 2.92. The highest BCUT2D eigenvalue weighted by Crippen LogP contribution is 2.21. The van der Waals surface area contributed by atoms with Gasteiger partial charge in [0.05, 0.1) is 6.20 Å². The zero-order valence-corrected chi connectivity index (χ0v) is 11.6. The van der Waals surface area contributed by atoms with Crippen LogP contribution < -0.4 is 5.32 Å². The predicted molar refractivity (Wildman–Crippen MR) is 68.6 cm³/mol. The lowest BCUT2D eigenvalue weighted by Gasteiger charge is -2.38. The molecule has 1 fully saturated rings. The molecule has 2 rings (SSSR count). The molecule has 102 valence electrons. The Labute approximate surface area is 108 Å². The molecule has 0 spiro atoms. The van der Waals surface area contributed by atoms with Crippen molar-refractivity contribution in [3.63, 3.8) is 0 Å². The summed E-state index contributed by atoms with van der Waals surface area (Å²) in [7, 11) is -3.45. The molecule has 0 aliphatic carbocycles. The van der Waals surface area contributed by atoms with Gasteiger partial charge in [0, 0.05) is 25.2 Å². The molecule has 7 heteroatoms. The van der Waals surface area contributed by atoms with Crippen molar-refractivity contribution >= 4 is 10.0 Å². The maximum Gasteiger partial charge on any atom is 0.260 e. The van der Waals surface area contributed by atoms with Crippen LogP contribution in [0.5, 0.6) is 0 Å². The number of hydrogen-bond donors (Lipinski definition) is 2. The van der Waals surface area contributed by atoms with Crippen LogP contribution in [0, 0.1) is 0 Å². The summed E-state index contributed by atoms with van der Waals surface area (Å²) in [5, 5.41) is 9.84. The number of aromatic amines is 1. The molecule has 2 heterocycles. The van der Waals surface area contributed by atoms with Gasteiger partial charge in [0.15, 0.2) is 5.03 Å². The van der Waals surface area contributed by atoms with Gasteiger partial charge in [-0.05, 0) is 18.9 Å². The third-order valence-electron chi connectivity index (χ3n) is 3.48. The molecule has 0 radical (unpaired) electrons. The number of nitrogens with zero attached hydrogens (tertiary/aromatic N) is 2. The standard InChI is InChI=1S/C11H20N4O2S/c1-3-9-8-15(10(4-2)7-12-9)18(16,17)11-5-6-13-14-11/h5-6,9-10,12H,3-4,7-8H2,1-2H3,(H,13,14). The summed E-state index contributed by atoms with van der Waals surface area (Å²) < 4.78 is 26.6. The first-order valence-electron chi connectivity index (χ1n) is 6.34. The van der Waals surface area contributed by atoms with Crippen molar-refractivity contribution in [3.8, 4) is 0 Å². The topological polar surface area (TPSA) is 78.1 Å². The number of rotatable bonds is 4. The Hall–Kier alpha value is -0.920. The monoisotopic (exact) mass is 272 g/mol. The molecule has 0 amide bonds. The number of hydrogen-bond acceptors (Lipinski definition) is 4. The lowest BCUT2D eigenvalue weighted by Crippen LogP contribution is -2.57. The van der Waals surface area contributed by atoms with Gasteiger partial charge in [0.25, 0.3) is 10.0 Å². The Kier molecular flexibility index (Phi) is 4.04. The second kappa shape index (κ2) is 5.38. The highest BCUT2D eigenvalue weighted by Gasteiger charge is 2.36.